The summed E-state index contributed by atoms with van der Waals surface area (Å²) < 4.78 is 82.7. The number of hydrogen-bond donors (Lipinski definition) is 2. The summed E-state index contributed by atoms with van der Waals surface area (Å²) in [5, 5.41) is 4.63. The Bertz CT molecular complexity index is 791. The van der Waals surface area contributed by atoms with Crippen molar-refractivity contribution in [1.82, 2.24) is 0 Å². The molecule has 0 aromatic rings. The van der Waals surface area contributed by atoms with Gasteiger partial charge in [-0.3, -0.25) is 4.55 Å². The molecule has 4 fully saturated rings. The van der Waals surface area contributed by atoms with E-state index in [1.807, 2.05) is 0 Å². The third-order valence-electron chi connectivity index (χ3n) is 5.22. The van der Waals surface area contributed by atoms with Crippen LogP contribution < -0.4 is 0 Å². The van der Waals surface area contributed by atoms with E-state index in [1.165, 1.54) is 0 Å². The van der Waals surface area contributed by atoms with Gasteiger partial charge in [-0.1, -0.05) is 0 Å². The third kappa shape index (κ3) is 2.98. The predicted octanol–water partition coefficient (Wildman–Crippen LogP) is -0.924. The first-order chi connectivity index (χ1) is 12.9. The van der Waals surface area contributed by atoms with Crippen molar-refractivity contribution in [2.45, 2.75) is 73.5 Å². The molecule has 14 heteroatoms. The van der Waals surface area contributed by atoms with Crippen molar-refractivity contribution in [2.24, 2.45) is 0 Å². The topological polar surface area (TPSA) is 155 Å². The Morgan fingerprint density at radius 1 is 1.18 bits per heavy atom. The zero-order chi connectivity index (χ0) is 20.5. The molecule has 3 heterocycles. The quantitative estimate of drug-likeness (QED) is 0.422. The van der Waals surface area contributed by atoms with Crippen molar-refractivity contribution in [3.63, 3.8) is 0 Å². The van der Waals surface area contributed by atoms with Crippen LogP contribution in [0, 0.1) is 0 Å². The second-order valence-corrected chi connectivity index (χ2v) is 8.49. The maximum absolute atomic E-state index is 13.3. The highest BCUT2D eigenvalue weighted by atomic mass is 32.2. The highest BCUT2D eigenvalue weighted by Crippen LogP contribution is 2.48. The second-order valence-electron chi connectivity index (χ2n) is 7.02. The van der Waals surface area contributed by atoms with E-state index >= 15 is 0 Å². The summed E-state index contributed by atoms with van der Waals surface area (Å²) in [6.07, 6.45) is -5.62. The minimum Gasteiger partial charge on any atom is -0.457 e. The van der Waals surface area contributed by atoms with E-state index in [-0.39, 0.29) is 25.7 Å². The molecule has 4 rings (SSSR count). The Balaban J connectivity index is 1.34. The summed E-state index contributed by atoms with van der Waals surface area (Å²) >= 11 is 0. The summed E-state index contributed by atoms with van der Waals surface area (Å²) in [6, 6.07) is 0. The number of alkyl halides is 2. The number of aliphatic hydroxyl groups is 1. The first kappa shape index (κ1) is 19.8. The molecule has 3 aliphatic heterocycles. The third-order valence-corrected chi connectivity index (χ3v) is 6.04. The van der Waals surface area contributed by atoms with E-state index in [4.69, 9.17) is 23.5 Å². The number of hydrogen-bond acceptors (Lipinski definition) is 10. The predicted molar refractivity (Wildman–Crippen MR) is 78.1 cm³/mol. The maximum atomic E-state index is 13.3. The van der Waals surface area contributed by atoms with Crippen molar-refractivity contribution in [3.05, 3.63) is 0 Å². The molecule has 4 aliphatic rings. The summed E-state index contributed by atoms with van der Waals surface area (Å²) in [4.78, 5) is 22.8. The fraction of sp³-hybridized carbons (Fsp3) is 0.857. The molecule has 28 heavy (non-hydrogen) atoms. The highest BCUT2D eigenvalue weighted by molar-refractivity contribution is 7.87. The first-order valence-corrected chi connectivity index (χ1v) is 9.83. The van der Waals surface area contributed by atoms with Gasteiger partial charge in [0.1, 0.15) is 12.2 Å². The number of rotatable bonds is 3. The van der Waals surface area contributed by atoms with Gasteiger partial charge in [0.05, 0.1) is 0 Å². The number of aliphatic hydroxyl groups excluding tert-OH is 1. The van der Waals surface area contributed by atoms with Crippen LogP contribution in [0.4, 0.5) is 8.78 Å². The normalized spacial score (nSPS) is 42.9. The lowest BCUT2D eigenvalue weighted by atomic mass is 9.91. The number of ether oxygens (including phenoxy) is 5. The minimum absolute atomic E-state index is 0.0171. The van der Waals surface area contributed by atoms with Gasteiger partial charge in [0.2, 0.25) is 0 Å². The van der Waals surface area contributed by atoms with E-state index in [1.54, 1.807) is 0 Å². The standard InChI is InChI=1S/C14H16F2O11S/c15-14(16,28(20,21)22)12(19)23-5-1-3-13(4-2-5)26-9-8-7(25-11(9)27-13)6(17)10(18)24-8/h5-9,11,17H,1-4H2,(H,20,21,22). The summed E-state index contributed by atoms with van der Waals surface area (Å²) in [7, 11) is -5.94. The lowest BCUT2D eigenvalue weighted by Gasteiger charge is -2.36. The van der Waals surface area contributed by atoms with Gasteiger partial charge >= 0.3 is 27.3 Å². The van der Waals surface area contributed by atoms with Gasteiger partial charge in [0.25, 0.3) is 0 Å². The van der Waals surface area contributed by atoms with Crippen LogP contribution in [0.1, 0.15) is 25.7 Å². The molecule has 1 saturated carbocycles. The Kier molecular flexibility index (Phi) is 4.45. The van der Waals surface area contributed by atoms with Crippen LogP contribution in [0.5, 0.6) is 0 Å². The van der Waals surface area contributed by atoms with Crippen LogP contribution >= 0.6 is 0 Å². The maximum Gasteiger partial charge on any atom is 0.465 e. The average molecular weight is 430 g/mol. The van der Waals surface area contributed by atoms with E-state index in [2.05, 4.69) is 4.74 Å². The number of fused-ring (bicyclic) bond motifs is 3. The SMILES string of the molecule is O=C1OC2C3OC4(CCC(OC(=O)C(F)(F)S(=O)(=O)O)CC4)OC3OC2C1O. The molecule has 0 aromatic heterocycles. The van der Waals surface area contributed by atoms with Crippen molar-refractivity contribution >= 4 is 22.1 Å². The molecule has 0 amide bonds. The van der Waals surface area contributed by atoms with E-state index in [0.717, 1.165) is 0 Å². The van der Waals surface area contributed by atoms with Crippen molar-refractivity contribution in [3.8, 4) is 0 Å². The molecular formula is C14H16F2O11S. The lowest BCUT2D eigenvalue weighted by Crippen LogP contribution is -2.44. The summed E-state index contributed by atoms with van der Waals surface area (Å²) in [5.41, 5.74) is 0. The van der Waals surface area contributed by atoms with Crippen LogP contribution in [0.25, 0.3) is 0 Å². The first-order valence-electron chi connectivity index (χ1n) is 8.39. The lowest BCUT2D eigenvalue weighted by molar-refractivity contribution is -0.252. The van der Waals surface area contributed by atoms with Crippen molar-refractivity contribution < 1.29 is 60.1 Å². The fourth-order valence-corrected chi connectivity index (χ4v) is 4.05. The summed E-state index contributed by atoms with van der Waals surface area (Å²) in [5.74, 6) is -4.36. The molecule has 11 nitrogen and oxygen atoms in total. The molecule has 5 atom stereocenters. The van der Waals surface area contributed by atoms with Crippen molar-refractivity contribution in [2.75, 3.05) is 0 Å². The van der Waals surface area contributed by atoms with Crippen LogP contribution in [0.2, 0.25) is 0 Å². The van der Waals surface area contributed by atoms with Crippen LogP contribution in [0.3, 0.4) is 0 Å². The molecule has 5 unspecified atom stereocenters. The molecule has 0 radical (unpaired) electrons. The van der Waals surface area contributed by atoms with Gasteiger partial charge in [-0.25, -0.2) is 9.59 Å². The Labute approximate surface area is 156 Å². The molecule has 0 bridgehead atoms. The molecule has 2 N–H and O–H groups in total. The van der Waals surface area contributed by atoms with Gasteiger partial charge in [-0.2, -0.15) is 17.2 Å². The van der Waals surface area contributed by atoms with Gasteiger partial charge in [0.15, 0.2) is 30.4 Å². The van der Waals surface area contributed by atoms with Crippen LogP contribution in [-0.4, -0.2) is 77.9 Å². The van der Waals surface area contributed by atoms with E-state index < -0.39 is 69.9 Å². The Morgan fingerprint density at radius 3 is 2.43 bits per heavy atom. The minimum atomic E-state index is -5.94. The molecule has 158 valence electrons. The van der Waals surface area contributed by atoms with E-state index in [9.17, 15) is 31.9 Å². The largest absolute Gasteiger partial charge is 0.465 e. The second kappa shape index (κ2) is 6.27. The number of carbonyl (C=O) groups is 2. The van der Waals surface area contributed by atoms with Crippen LogP contribution in [0.15, 0.2) is 0 Å². The summed E-state index contributed by atoms with van der Waals surface area (Å²) in [6.45, 7) is 0. The Morgan fingerprint density at radius 2 is 1.82 bits per heavy atom. The van der Waals surface area contributed by atoms with Crippen molar-refractivity contribution in [1.29, 1.82) is 0 Å². The molecular weight excluding hydrogens is 414 g/mol. The number of carbonyl (C=O) groups excluding carboxylic acids is 2. The molecule has 1 spiro atoms. The fourth-order valence-electron chi connectivity index (χ4n) is 3.79. The monoisotopic (exact) mass is 430 g/mol. The number of halogens is 2. The average Bonchev–Trinajstić information content (AvgIpc) is 3.19. The molecule has 0 aromatic carbocycles. The van der Waals surface area contributed by atoms with Gasteiger partial charge in [0, 0.05) is 12.8 Å². The van der Waals surface area contributed by atoms with Gasteiger partial charge in [-0.15, -0.1) is 0 Å². The number of esters is 2. The van der Waals surface area contributed by atoms with Gasteiger partial charge in [-0.05, 0) is 12.8 Å². The van der Waals surface area contributed by atoms with Gasteiger partial charge < -0.3 is 28.8 Å². The molecule has 3 saturated heterocycles. The van der Waals surface area contributed by atoms with Crippen LogP contribution in [-0.2, 0) is 43.4 Å². The van der Waals surface area contributed by atoms with E-state index in [0.29, 0.717) is 0 Å². The highest BCUT2D eigenvalue weighted by Gasteiger charge is 2.65. The zero-order valence-corrected chi connectivity index (χ0v) is 14.8. The Hall–Kier alpha value is -1.45. The smallest absolute Gasteiger partial charge is 0.457 e. The zero-order valence-electron chi connectivity index (χ0n) is 14.0. The molecule has 1 aliphatic carbocycles.